The first kappa shape index (κ1) is 20.0. The van der Waals surface area contributed by atoms with Crippen LogP contribution < -0.4 is 5.32 Å². The monoisotopic (exact) mass is 361 g/mol. The van der Waals surface area contributed by atoms with E-state index in [9.17, 15) is 19.6 Å². The number of carboxylic acid groups (broad SMARTS) is 1. The molecule has 142 valence electrons. The highest BCUT2D eigenvalue weighted by Gasteiger charge is 2.48. The minimum atomic E-state index is -1.10. The molecule has 1 aromatic carbocycles. The van der Waals surface area contributed by atoms with E-state index in [4.69, 9.17) is 0 Å². The Bertz CT molecular complexity index is 651. The molecule has 1 aliphatic heterocycles. The summed E-state index contributed by atoms with van der Waals surface area (Å²) in [5.74, 6) is -1.41. The number of hydrogen-bond donors (Lipinski definition) is 2. The van der Waals surface area contributed by atoms with Crippen LogP contribution in [0.2, 0.25) is 0 Å². The van der Waals surface area contributed by atoms with Gasteiger partial charge in [-0.05, 0) is 39.2 Å². The van der Waals surface area contributed by atoms with Gasteiger partial charge in [0.15, 0.2) is 0 Å². The Hall–Kier alpha value is -2.28. The lowest BCUT2D eigenvalue weighted by molar-refractivity contribution is -0.148. The van der Waals surface area contributed by atoms with Gasteiger partial charge in [-0.2, -0.15) is 4.91 Å². The minimum absolute atomic E-state index is 0.0384. The first-order valence-electron chi connectivity index (χ1n) is 8.93. The van der Waals surface area contributed by atoms with Gasteiger partial charge in [-0.3, -0.25) is 4.79 Å². The van der Waals surface area contributed by atoms with Crippen molar-refractivity contribution in [3.63, 3.8) is 0 Å². The van der Waals surface area contributed by atoms with Crippen molar-refractivity contribution in [2.45, 2.75) is 63.7 Å². The third-order valence-electron chi connectivity index (χ3n) is 4.92. The maximum Gasteiger partial charge on any atom is 0.326 e. The Balaban J connectivity index is 1.93. The van der Waals surface area contributed by atoms with E-state index in [1.165, 1.54) is 10.5 Å². The Kier molecular flexibility index (Phi) is 6.47. The number of carbonyl (C=O) groups excluding carboxylic acids is 1. The Morgan fingerprint density at radius 3 is 2.58 bits per heavy atom. The van der Waals surface area contributed by atoms with Gasteiger partial charge in [0.25, 0.3) is 0 Å². The summed E-state index contributed by atoms with van der Waals surface area (Å²) in [5, 5.41) is 15.7. The van der Waals surface area contributed by atoms with Gasteiger partial charge < -0.3 is 15.3 Å². The minimum Gasteiger partial charge on any atom is -0.480 e. The molecule has 0 saturated carbocycles. The molecule has 7 heteroatoms. The molecule has 4 unspecified atom stereocenters. The molecule has 1 aromatic rings. The van der Waals surface area contributed by atoms with Crippen LogP contribution in [0.4, 0.5) is 0 Å². The summed E-state index contributed by atoms with van der Waals surface area (Å²) in [6.45, 7) is 5.35. The van der Waals surface area contributed by atoms with Crippen molar-refractivity contribution >= 4 is 11.9 Å². The van der Waals surface area contributed by atoms with Crippen LogP contribution in [0.15, 0.2) is 35.5 Å². The standard InChI is InChI=1S/C19H27N3O4/c1-13(9-10-15-7-5-4-6-8-15)20-14(2)17(23)22-12-19(3,21-26)11-16(22)18(24)25/h4-8,13-14,16,20H,9-12H2,1-3H3,(H,24,25). The number of nitroso groups, excluding NO2 is 1. The highest BCUT2D eigenvalue weighted by Crippen LogP contribution is 2.30. The van der Waals surface area contributed by atoms with Crippen LogP contribution in [-0.4, -0.2) is 52.1 Å². The maximum absolute atomic E-state index is 12.7. The lowest BCUT2D eigenvalue weighted by Gasteiger charge is -2.27. The summed E-state index contributed by atoms with van der Waals surface area (Å²) in [6.07, 6.45) is 1.80. The highest BCUT2D eigenvalue weighted by molar-refractivity contribution is 5.87. The van der Waals surface area contributed by atoms with Gasteiger partial charge in [-0.1, -0.05) is 35.5 Å². The fraction of sp³-hybridized carbons (Fsp3) is 0.579. The number of nitrogens with zero attached hydrogens (tertiary/aromatic N) is 2. The van der Waals surface area contributed by atoms with E-state index in [2.05, 4.69) is 22.6 Å². The molecule has 7 nitrogen and oxygen atoms in total. The van der Waals surface area contributed by atoms with E-state index < -0.39 is 23.6 Å². The molecule has 1 saturated heterocycles. The van der Waals surface area contributed by atoms with Gasteiger partial charge in [0.05, 0.1) is 12.6 Å². The summed E-state index contributed by atoms with van der Waals surface area (Å²) in [5.41, 5.74) is 0.190. The molecular formula is C19H27N3O4. The summed E-state index contributed by atoms with van der Waals surface area (Å²) in [7, 11) is 0. The molecule has 0 bridgehead atoms. The van der Waals surface area contributed by atoms with Gasteiger partial charge in [0.1, 0.15) is 11.6 Å². The number of hydrogen-bond acceptors (Lipinski definition) is 5. The Morgan fingerprint density at radius 1 is 1.35 bits per heavy atom. The summed E-state index contributed by atoms with van der Waals surface area (Å²) in [6, 6.07) is 8.66. The lowest BCUT2D eigenvalue weighted by atomic mass is 10.0. The number of aliphatic carboxylic acids is 1. The second kappa shape index (κ2) is 8.40. The first-order chi connectivity index (χ1) is 12.3. The summed E-state index contributed by atoms with van der Waals surface area (Å²) in [4.78, 5) is 36.5. The zero-order valence-corrected chi connectivity index (χ0v) is 15.5. The SMILES string of the molecule is CC(CCc1ccccc1)NC(C)C(=O)N1CC(C)(N=O)CC1C(=O)O. The zero-order valence-electron chi connectivity index (χ0n) is 15.5. The largest absolute Gasteiger partial charge is 0.480 e. The molecular weight excluding hydrogens is 334 g/mol. The predicted octanol–water partition coefficient (Wildman–Crippen LogP) is 2.20. The number of nitrogens with one attached hydrogen (secondary N) is 1. The van der Waals surface area contributed by atoms with Crippen molar-refractivity contribution < 1.29 is 14.7 Å². The van der Waals surface area contributed by atoms with E-state index in [1.807, 2.05) is 25.1 Å². The van der Waals surface area contributed by atoms with E-state index in [1.54, 1.807) is 13.8 Å². The van der Waals surface area contributed by atoms with Crippen molar-refractivity contribution in [2.24, 2.45) is 5.18 Å². The molecule has 4 atom stereocenters. The summed E-state index contributed by atoms with van der Waals surface area (Å²) >= 11 is 0. The normalized spacial score (nSPS) is 24.9. The van der Waals surface area contributed by atoms with E-state index >= 15 is 0 Å². The quantitative estimate of drug-likeness (QED) is 0.692. The average molecular weight is 361 g/mol. The van der Waals surface area contributed by atoms with Crippen molar-refractivity contribution in [2.75, 3.05) is 6.54 Å². The predicted molar refractivity (Wildman–Crippen MR) is 98.8 cm³/mol. The molecule has 0 radical (unpaired) electrons. The van der Waals surface area contributed by atoms with Crippen LogP contribution in [0.5, 0.6) is 0 Å². The van der Waals surface area contributed by atoms with E-state index in [-0.39, 0.29) is 24.9 Å². The third kappa shape index (κ3) is 4.88. The number of benzene rings is 1. The smallest absolute Gasteiger partial charge is 0.326 e. The van der Waals surface area contributed by atoms with Crippen LogP contribution in [-0.2, 0) is 16.0 Å². The van der Waals surface area contributed by atoms with Crippen molar-refractivity contribution in [1.82, 2.24) is 10.2 Å². The summed E-state index contributed by atoms with van der Waals surface area (Å²) < 4.78 is 0. The number of rotatable bonds is 8. The van der Waals surface area contributed by atoms with Crippen molar-refractivity contribution in [3.8, 4) is 0 Å². The number of carbonyl (C=O) groups is 2. The van der Waals surface area contributed by atoms with Crippen LogP contribution in [0.1, 0.15) is 39.2 Å². The average Bonchev–Trinajstić information content (AvgIpc) is 2.99. The topological polar surface area (TPSA) is 99.1 Å². The van der Waals surface area contributed by atoms with Gasteiger partial charge in [-0.25, -0.2) is 4.79 Å². The first-order valence-corrected chi connectivity index (χ1v) is 8.93. The maximum atomic E-state index is 12.7. The van der Waals surface area contributed by atoms with Crippen LogP contribution >= 0.6 is 0 Å². The molecule has 2 rings (SSSR count). The van der Waals surface area contributed by atoms with Crippen molar-refractivity contribution in [3.05, 3.63) is 40.8 Å². The van der Waals surface area contributed by atoms with Gasteiger partial charge in [0.2, 0.25) is 5.91 Å². The number of carboxylic acids is 1. The second-order valence-electron chi connectivity index (χ2n) is 7.43. The fourth-order valence-corrected chi connectivity index (χ4v) is 3.44. The molecule has 1 fully saturated rings. The number of amides is 1. The molecule has 0 aliphatic carbocycles. The van der Waals surface area contributed by atoms with E-state index in [0.717, 1.165) is 12.8 Å². The lowest BCUT2D eigenvalue weighted by Crippen LogP contribution is -2.51. The molecule has 1 amide bonds. The van der Waals surface area contributed by atoms with Gasteiger partial charge >= 0.3 is 5.97 Å². The second-order valence-corrected chi connectivity index (χ2v) is 7.43. The van der Waals surface area contributed by atoms with Crippen LogP contribution in [0, 0.1) is 4.91 Å². The van der Waals surface area contributed by atoms with Crippen LogP contribution in [0.25, 0.3) is 0 Å². The zero-order chi connectivity index (χ0) is 19.3. The molecule has 2 N–H and O–H groups in total. The molecule has 1 aliphatic rings. The van der Waals surface area contributed by atoms with Crippen LogP contribution in [0.3, 0.4) is 0 Å². The molecule has 0 aromatic heterocycles. The molecule has 0 spiro atoms. The molecule has 26 heavy (non-hydrogen) atoms. The van der Waals surface area contributed by atoms with Gasteiger partial charge in [-0.15, -0.1) is 0 Å². The molecule has 1 heterocycles. The van der Waals surface area contributed by atoms with E-state index in [0.29, 0.717) is 0 Å². The Labute approximate surface area is 153 Å². The third-order valence-corrected chi connectivity index (χ3v) is 4.92. The highest BCUT2D eigenvalue weighted by atomic mass is 16.4. The Morgan fingerprint density at radius 2 is 2.00 bits per heavy atom. The number of aryl methyl sites for hydroxylation is 1. The van der Waals surface area contributed by atoms with Crippen molar-refractivity contribution in [1.29, 1.82) is 0 Å². The number of likely N-dealkylation sites (tertiary alicyclic amines) is 1. The fourth-order valence-electron chi connectivity index (χ4n) is 3.44. The van der Waals surface area contributed by atoms with Gasteiger partial charge in [0, 0.05) is 12.5 Å².